The largest absolute Gasteiger partial charge is 0.384 e. The number of carbonyl (C=O) groups excluding carboxylic acids is 2. The van der Waals surface area contributed by atoms with E-state index in [9.17, 15) is 9.59 Å². The summed E-state index contributed by atoms with van der Waals surface area (Å²) in [5.41, 5.74) is 7.51. The predicted molar refractivity (Wildman–Crippen MR) is 85.6 cm³/mol. The number of pyridine rings is 1. The van der Waals surface area contributed by atoms with Crippen LogP contribution in [0.5, 0.6) is 0 Å². The normalized spacial score (nSPS) is 10.0. The van der Waals surface area contributed by atoms with Gasteiger partial charge in [-0.3, -0.25) is 4.79 Å². The van der Waals surface area contributed by atoms with Crippen LogP contribution in [0.2, 0.25) is 0 Å². The molecule has 0 aliphatic carbocycles. The molecule has 2 aromatic rings. The number of carbonyl (C=O) groups is 2. The van der Waals surface area contributed by atoms with E-state index in [-0.39, 0.29) is 11.8 Å². The third-order valence-corrected chi connectivity index (χ3v) is 3.06. The number of rotatable bonds is 5. The standard InChI is InChI=1S/C16H18N4O2/c1-2-14(21)12-4-3-5-13(8-12)20-16(22)19-10-11-6-7-15(17)18-9-11/h3-9H,2,10H2,1H3,(H2,17,18)(H2,19,20,22). The monoisotopic (exact) mass is 298 g/mol. The van der Waals surface area contributed by atoms with Crippen LogP contribution in [0.3, 0.4) is 0 Å². The number of anilines is 2. The van der Waals surface area contributed by atoms with E-state index < -0.39 is 0 Å². The number of amides is 2. The van der Waals surface area contributed by atoms with Crippen LogP contribution in [-0.4, -0.2) is 16.8 Å². The number of hydrogen-bond donors (Lipinski definition) is 3. The number of Topliss-reactive ketones (excluding diaryl/α,β-unsaturated/α-hetero) is 1. The molecule has 0 saturated heterocycles. The molecule has 1 aromatic carbocycles. The molecule has 0 radical (unpaired) electrons. The van der Waals surface area contributed by atoms with Gasteiger partial charge in [-0.25, -0.2) is 9.78 Å². The molecule has 0 aliphatic rings. The van der Waals surface area contributed by atoms with E-state index in [1.165, 1.54) is 0 Å². The summed E-state index contributed by atoms with van der Waals surface area (Å²) in [6, 6.07) is 9.99. The van der Waals surface area contributed by atoms with Crippen molar-refractivity contribution in [3.63, 3.8) is 0 Å². The van der Waals surface area contributed by atoms with Crippen molar-refractivity contribution < 1.29 is 9.59 Å². The molecular formula is C16H18N4O2. The number of nitrogens with one attached hydrogen (secondary N) is 2. The highest BCUT2D eigenvalue weighted by Gasteiger charge is 2.06. The van der Waals surface area contributed by atoms with E-state index in [4.69, 9.17) is 5.73 Å². The third kappa shape index (κ3) is 4.31. The Hall–Kier alpha value is -2.89. The van der Waals surface area contributed by atoms with Gasteiger partial charge in [0.05, 0.1) is 0 Å². The van der Waals surface area contributed by atoms with Crippen molar-refractivity contribution >= 4 is 23.3 Å². The van der Waals surface area contributed by atoms with Crippen LogP contribution in [-0.2, 0) is 6.54 Å². The van der Waals surface area contributed by atoms with Crippen molar-refractivity contribution in [1.29, 1.82) is 0 Å². The fraction of sp³-hybridized carbons (Fsp3) is 0.188. The SMILES string of the molecule is CCC(=O)c1cccc(NC(=O)NCc2ccc(N)nc2)c1. The number of nitrogens with two attached hydrogens (primary N) is 1. The Bertz CT molecular complexity index is 668. The van der Waals surface area contributed by atoms with Gasteiger partial charge in [-0.15, -0.1) is 0 Å². The van der Waals surface area contributed by atoms with Gasteiger partial charge in [0.1, 0.15) is 5.82 Å². The van der Waals surface area contributed by atoms with E-state index >= 15 is 0 Å². The Morgan fingerprint density at radius 2 is 2.05 bits per heavy atom. The molecule has 1 aromatic heterocycles. The molecule has 6 nitrogen and oxygen atoms in total. The summed E-state index contributed by atoms with van der Waals surface area (Å²) in [4.78, 5) is 27.4. The third-order valence-electron chi connectivity index (χ3n) is 3.06. The lowest BCUT2D eigenvalue weighted by atomic mass is 10.1. The summed E-state index contributed by atoms with van der Waals surface area (Å²) in [7, 11) is 0. The van der Waals surface area contributed by atoms with Gasteiger partial charge in [0.15, 0.2) is 5.78 Å². The highest BCUT2D eigenvalue weighted by molar-refractivity contribution is 5.98. The van der Waals surface area contributed by atoms with E-state index in [0.29, 0.717) is 30.0 Å². The van der Waals surface area contributed by atoms with Crippen LogP contribution in [0, 0.1) is 0 Å². The number of nitrogen functional groups attached to an aromatic ring is 1. The number of urea groups is 1. The van der Waals surface area contributed by atoms with Gasteiger partial charge < -0.3 is 16.4 Å². The van der Waals surface area contributed by atoms with Crippen molar-refractivity contribution in [2.45, 2.75) is 19.9 Å². The first-order valence-corrected chi connectivity index (χ1v) is 6.97. The van der Waals surface area contributed by atoms with E-state index in [1.54, 1.807) is 49.5 Å². The molecule has 6 heteroatoms. The van der Waals surface area contributed by atoms with Crippen LogP contribution < -0.4 is 16.4 Å². The quantitative estimate of drug-likeness (QED) is 0.739. The summed E-state index contributed by atoms with van der Waals surface area (Å²) >= 11 is 0. The maximum Gasteiger partial charge on any atom is 0.319 e. The number of benzene rings is 1. The number of hydrogen-bond acceptors (Lipinski definition) is 4. The van der Waals surface area contributed by atoms with Crippen LogP contribution >= 0.6 is 0 Å². The molecule has 0 bridgehead atoms. The summed E-state index contributed by atoms with van der Waals surface area (Å²) in [6.07, 6.45) is 2.04. The Morgan fingerprint density at radius 1 is 1.23 bits per heavy atom. The molecule has 0 spiro atoms. The van der Waals surface area contributed by atoms with Crippen molar-refractivity contribution in [3.8, 4) is 0 Å². The minimum atomic E-state index is -0.349. The summed E-state index contributed by atoms with van der Waals surface area (Å²) in [6.45, 7) is 2.14. The number of aromatic nitrogens is 1. The van der Waals surface area contributed by atoms with Gasteiger partial charge >= 0.3 is 6.03 Å². The molecule has 4 N–H and O–H groups in total. The highest BCUT2D eigenvalue weighted by atomic mass is 16.2. The Kier molecular flexibility index (Phi) is 5.08. The molecule has 2 amide bonds. The van der Waals surface area contributed by atoms with Gasteiger partial charge in [-0.05, 0) is 23.8 Å². The molecule has 1 heterocycles. The minimum absolute atomic E-state index is 0.0389. The first-order chi connectivity index (χ1) is 10.6. The maximum absolute atomic E-state index is 11.9. The van der Waals surface area contributed by atoms with Crippen molar-refractivity contribution in [1.82, 2.24) is 10.3 Å². The Balaban J connectivity index is 1.91. The Labute approximate surface area is 128 Å². The topological polar surface area (TPSA) is 97.1 Å². The van der Waals surface area contributed by atoms with Gasteiger partial charge in [0.25, 0.3) is 0 Å². The molecule has 22 heavy (non-hydrogen) atoms. The summed E-state index contributed by atoms with van der Waals surface area (Å²) in [5.74, 6) is 0.475. The van der Waals surface area contributed by atoms with Gasteiger partial charge in [-0.1, -0.05) is 25.1 Å². The fourth-order valence-corrected chi connectivity index (χ4v) is 1.87. The Morgan fingerprint density at radius 3 is 2.73 bits per heavy atom. The zero-order valence-corrected chi connectivity index (χ0v) is 12.3. The lowest BCUT2D eigenvalue weighted by Gasteiger charge is -2.08. The maximum atomic E-state index is 11.9. The smallest absolute Gasteiger partial charge is 0.319 e. The average Bonchev–Trinajstić information content (AvgIpc) is 2.54. The van der Waals surface area contributed by atoms with Crippen LogP contribution in [0.25, 0.3) is 0 Å². The number of ketones is 1. The lowest BCUT2D eigenvalue weighted by molar-refractivity contribution is 0.0988. The summed E-state index contributed by atoms with van der Waals surface area (Å²) < 4.78 is 0. The second-order valence-electron chi connectivity index (χ2n) is 4.76. The van der Waals surface area contributed by atoms with Crippen LogP contribution in [0.15, 0.2) is 42.6 Å². The van der Waals surface area contributed by atoms with Crippen molar-refractivity contribution in [3.05, 3.63) is 53.7 Å². The zero-order chi connectivity index (χ0) is 15.9. The van der Waals surface area contributed by atoms with Crippen LogP contribution in [0.4, 0.5) is 16.3 Å². The molecule has 0 aliphatic heterocycles. The second-order valence-corrected chi connectivity index (χ2v) is 4.76. The molecule has 2 rings (SSSR count). The van der Waals surface area contributed by atoms with E-state index in [1.807, 2.05) is 0 Å². The molecule has 0 unspecified atom stereocenters. The second kappa shape index (κ2) is 7.21. The van der Waals surface area contributed by atoms with Gasteiger partial charge in [0, 0.05) is 30.4 Å². The molecule has 114 valence electrons. The molecular weight excluding hydrogens is 280 g/mol. The summed E-state index contributed by atoms with van der Waals surface area (Å²) in [5, 5.41) is 5.41. The van der Waals surface area contributed by atoms with Crippen molar-refractivity contribution in [2.24, 2.45) is 0 Å². The average molecular weight is 298 g/mol. The number of nitrogens with zero attached hydrogens (tertiary/aromatic N) is 1. The molecule has 0 saturated carbocycles. The van der Waals surface area contributed by atoms with E-state index in [0.717, 1.165) is 5.56 Å². The minimum Gasteiger partial charge on any atom is -0.384 e. The lowest BCUT2D eigenvalue weighted by Crippen LogP contribution is -2.28. The van der Waals surface area contributed by atoms with Gasteiger partial charge in [-0.2, -0.15) is 0 Å². The predicted octanol–water partition coefficient (Wildman–Crippen LogP) is 2.58. The molecule has 0 fully saturated rings. The van der Waals surface area contributed by atoms with Gasteiger partial charge in [0.2, 0.25) is 0 Å². The highest BCUT2D eigenvalue weighted by Crippen LogP contribution is 2.12. The molecule has 0 atom stereocenters. The van der Waals surface area contributed by atoms with Crippen LogP contribution in [0.1, 0.15) is 29.3 Å². The zero-order valence-electron chi connectivity index (χ0n) is 12.3. The first kappa shape index (κ1) is 15.5. The fourth-order valence-electron chi connectivity index (χ4n) is 1.87. The first-order valence-electron chi connectivity index (χ1n) is 6.97. The van der Waals surface area contributed by atoms with E-state index in [2.05, 4.69) is 15.6 Å². The van der Waals surface area contributed by atoms with Crippen molar-refractivity contribution in [2.75, 3.05) is 11.1 Å².